The zero-order valence-electron chi connectivity index (χ0n) is 17.0. The van der Waals surface area contributed by atoms with E-state index in [1.54, 1.807) is 41.3 Å². The number of hydrogen-bond acceptors (Lipinski definition) is 6. The Balaban J connectivity index is 1.59. The Morgan fingerprint density at radius 2 is 1.87 bits per heavy atom. The van der Waals surface area contributed by atoms with Gasteiger partial charge in [0.2, 0.25) is 17.6 Å². The number of carbonyl (C=O) groups excluding carboxylic acids is 4. The molecule has 1 aromatic carbocycles. The lowest BCUT2D eigenvalue weighted by Crippen LogP contribution is -2.35. The fourth-order valence-electron chi connectivity index (χ4n) is 3.16. The van der Waals surface area contributed by atoms with Crippen LogP contribution in [0.4, 0.5) is 5.69 Å². The molecule has 0 saturated carbocycles. The molecule has 2 amide bonds. The Kier molecular flexibility index (Phi) is 6.99. The smallest absolute Gasteiger partial charge is 0.338 e. The van der Waals surface area contributed by atoms with Crippen molar-refractivity contribution in [2.45, 2.75) is 45.8 Å². The number of nitrogens with one attached hydrogen (secondary N) is 1. The van der Waals surface area contributed by atoms with Crippen molar-refractivity contribution in [1.29, 1.82) is 0 Å². The van der Waals surface area contributed by atoms with E-state index in [-0.39, 0.29) is 17.6 Å². The molecule has 1 fully saturated rings. The van der Waals surface area contributed by atoms with Crippen molar-refractivity contribution in [1.82, 2.24) is 5.32 Å². The molecule has 1 N–H and O–H groups in total. The number of esters is 1. The van der Waals surface area contributed by atoms with Crippen LogP contribution in [0.15, 0.2) is 36.4 Å². The van der Waals surface area contributed by atoms with Crippen molar-refractivity contribution < 1.29 is 23.9 Å². The summed E-state index contributed by atoms with van der Waals surface area (Å²) in [5.74, 6) is -0.945. The van der Waals surface area contributed by atoms with E-state index < -0.39 is 12.1 Å². The normalized spacial score (nSPS) is 14.9. The number of Topliss-reactive ketones (excluding diaryl/α,β-unsaturated/α-hetero) is 1. The van der Waals surface area contributed by atoms with E-state index in [1.165, 1.54) is 25.2 Å². The topological polar surface area (TPSA) is 92.8 Å². The molecule has 2 heterocycles. The number of anilines is 1. The summed E-state index contributed by atoms with van der Waals surface area (Å²) in [7, 11) is 0. The van der Waals surface area contributed by atoms with Crippen LogP contribution in [-0.2, 0) is 20.9 Å². The molecule has 1 unspecified atom stereocenters. The molecular weight excluding hydrogens is 404 g/mol. The first-order chi connectivity index (χ1) is 14.3. The Labute approximate surface area is 179 Å². The number of amides is 2. The van der Waals surface area contributed by atoms with Crippen LogP contribution in [-0.4, -0.2) is 36.2 Å². The van der Waals surface area contributed by atoms with E-state index in [9.17, 15) is 19.2 Å². The van der Waals surface area contributed by atoms with Gasteiger partial charge in [-0.05, 0) is 56.2 Å². The van der Waals surface area contributed by atoms with Gasteiger partial charge in [-0.1, -0.05) is 0 Å². The summed E-state index contributed by atoms with van der Waals surface area (Å²) >= 11 is 1.26. The molecule has 158 valence electrons. The molecule has 1 atom stereocenters. The summed E-state index contributed by atoms with van der Waals surface area (Å²) < 4.78 is 5.33. The summed E-state index contributed by atoms with van der Waals surface area (Å²) in [6, 6.07) is 10.1. The Morgan fingerprint density at radius 3 is 2.53 bits per heavy atom. The fraction of sp³-hybridized carbons (Fsp3) is 0.364. The molecule has 0 aliphatic carbocycles. The number of hydrogen-bond donors (Lipinski definition) is 1. The summed E-state index contributed by atoms with van der Waals surface area (Å²) in [6.45, 7) is 4.00. The largest absolute Gasteiger partial charge is 0.451 e. The number of ether oxygens (including phenoxy) is 1. The number of thiophene rings is 1. The quantitative estimate of drug-likeness (QED) is 0.539. The van der Waals surface area contributed by atoms with E-state index >= 15 is 0 Å². The minimum Gasteiger partial charge on any atom is -0.451 e. The lowest BCUT2D eigenvalue weighted by Gasteiger charge is -2.26. The van der Waals surface area contributed by atoms with Gasteiger partial charge >= 0.3 is 5.97 Å². The molecule has 1 saturated heterocycles. The summed E-state index contributed by atoms with van der Waals surface area (Å²) in [5.41, 5.74) is 1.08. The molecule has 3 rings (SSSR count). The average Bonchev–Trinajstić information content (AvgIpc) is 3.21. The van der Waals surface area contributed by atoms with Crippen LogP contribution in [0.5, 0.6) is 0 Å². The third kappa shape index (κ3) is 5.33. The second-order valence-electron chi connectivity index (χ2n) is 7.14. The summed E-state index contributed by atoms with van der Waals surface area (Å²) in [6.07, 6.45) is 1.47. The lowest BCUT2D eigenvalue weighted by molar-refractivity contribution is -0.120. The van der Waals surface area contributed by atoms with Crippen molar-refractivity contribution in [3.8, 4) is 0 Å². The first kappa shape index (κ1) is 21.7. The van der Waals surface area contributed by atoms with Gasteiger partial charge in [0, 0.05) is 30.5 Å². The molecule has 8 heteroatoms. The molecule has 2 aromatic rings. The van der Waals surface area contributed by atoms with Crippen LogP contribution in [0.25, 0.3) is 0 Å². The maximum Gasteiger partial charge on any atom is 0.338 e. The van der Waals surface area contributed by atoms with Crippen LogP contribution >= 0.6 is 11.3 Å². The highest BCUT2D eigenvalue weighted by atomic mass is 32.1. The van der Waals surface area contributed by atoms with Gasteiger partial charge in [0.15, 0.2) is 6.10 Å². The van der Waals surface area contributed by atoms with Crippen LogP contribution < -0.4 is 10.2 Å². The molecule has 0 radical (unpaired) electrons. The highest BCUT2D eigenvalue weighted by Crippen LogP contribution is 2.22. The number of rotatable bonds is 7. The number of piperidine rings is 1. The highest BCUT2D eigenvalue weighted by Gasteiger charge is 2.23. The SMILES string of the molecule is CC(=O)NCc1ccc(C(=O)C(C)OC(=O)c2ccc(N3CCCCC3=O)cc2)s1. The van der Waals surface area contributed by atoms with Gasteiger partial charge in [0.05, 0.1) is 17.0 Å². The molecule has 0 spiro atoms. The van der Waals surface area contributed by atoms with Gasteiger partial charge in [-0.2, -0.15) is 0 Å². The van der Waals surface area contributed by atoms with Crippen LogP contribution in [0.1, 0.15) is 58.0 Å². The van der Waals surface area contributed by atoms with Gasteiger partial charge in [-0.15, -0.1) is 11.3 Å². The van der Waals surface area contributed by atoms with E-state index in [2.05, 4.69) is 5.32 Å². The molecule has 0 bridgehead atoms. The van der Waals surface area contributed by atoms with Crippen LogP contribution in [0, 0.1) is 0 Å². The van der Waals surface area contributed by atoms with Crippen LogP contribution in [0.2, 0.25) is 0 Å². The third-order valence-corrected chi connectivity index (χ3v) is 5.91. The molecular formula is C22H24N2O5S. The van der Waals surface area contributed by atoms with Gasteiger partial charge < -0.3 is 15.0 Å². The highest BCUT2D eigenvalue weighted by molar-refractivity contribution is 7.14. The Bertz CT molecular complexity index is 951. The van der Waals surface area contributed by atoms with E-state index in [0.29, 0.717) is 30.0 Å². The van der Waals surface area contributed by atoms with Gasteiger partial charge in [-0.25, -0.2) is 4.79 Å². The molecule has 1 aromatic heterocycles. The predicted molar refractivity (Wildman–Crippen MR) is 114 cm³/mol. The first-order valence-electron chi connectivity index (χ1n) is 9.84. The van der Waals surface area contributed by atoms with E-state index in [0.717, 1.165) is 23.4 Å². The second-order valence-corrected chi connectivity index (χ2v) is 8.31. The lowest BCUT2D eigenvalue weighted by atomic mass is 10.1. The number of nitrogens with zero attached hydrogens (tertiary/aromatic N) is 1. The first-order valence-corrected chi connectivity index (χ1v) is 10.7. The van der Waals surface area contributed by atoms with Crippen molar-refractivity contribution in [2.75, 3.05) is 11.4 Å². The molecule has 1 aliphatic rings. The minimum absolute atomic E-state index is 0.0876. The minimum atomic E-state index is -0.937. The zero-order valence-corrected chi connectivity index (χ0v) is 17.8. The van der Waals surface area contributed by atoms with Crippen LogP contribution in [0.3, 0.4) is 0 Å². The van der Waals surface area contributed by atoms with Crippen molar-refractivity contribution in [3.05, 3.63) is 51.7 Å². The molecule has 30 heavy (non-hydrogen) atoms. The molecule has 7 nitrogen and oxygen atoms in total. The third-order valence-electron chi connectivity index (χ3n) is 4.81. The Hall–Kier alpha value is -3.00. The standard InChI is InChI=1S/C22H24N2O5S/c1-14(21(27)19-11-10-18(30-19)13-23-15(2)25)29-22(28)16-6-8-17(9-7-16)24-12-4-3-5-20(24)26/h6-11,14H,3-5,12-13H2,1-2H3,(H,23,25). The molecule has 1 aliphatic heterocycles. The van der Waals surface area contributed by atoms with Gasteiger partial charge in [-0.3, -0.25) is 14.4 Å². The summed E-state index contributed by atoms with van der Waals surface area (Å²) in [4.78, 5) is 51.0. The average molecular weight is 429 g/mol. The van der Waals surface area contributed by atoms with Crippen molar-refractivity contribution in [2.24, 2.45) is 0 Å². The zero-order chi connectivity index (χ0) is 21.7. The predicted octanol–water partition coefficient (Wildman–Crippen LogP) is 3.33. The second kappa shape index (κ2) is 9.67. The number of benzene rings is 1. The summed E-state index contributed by atoms with van der Waals surface area (Å²) in [5, 5.41) is 2.68. The number of ketones is 1. The van der Waals surface area contributed by atoms with Gasteiger partial charge in [0.25, 0.3) is 0 Å². The maximum atomic E-state index is 12.6. The fourth-order valence-corrected chi connectivity index (χ4v) is 4.12. The van der Waals surface area contributed by atoms with Gasteiger partial charge in [0.1, 0.15) is 0 Å². The Morgan fingerprint density at radius 1 is 1.13 bits per heavy atom. The monoisotopic (exact) mass is 428 g/mol. The van der Waals surface area contributed by atoms with Crippen molar-refractivity contribution >= 4 is 40.6 Å². The van der Waals surface area contributed by atoms with E-state index in [1.807, 2.05) is 0 Å². The van der Waals surface area contributed by atoms with Crippen molar-refractivity contribution in [3.63, 3.8) is 0 Å². The van der Waals surface area contributed by atoms with E-state index in [4.69, 9.17) is 4.74 Å². The maximum absolute atomic E-state index is 12.6. The number of carbonyl (C=O) groups is 4.